The number of nitrogens with zero attached hydrogens (tertiary/aromatic N) is 2. The van der Waals surface area contributed by atoms with Gasteiger partial charge in [-0.3, -0.25) is 0 Å². The van der Waals surface area contributed by atoms with Crippen LogP contribution in [0.2, 0.25) is 0 Å². The van der Waals surface area contributed by atoms with Crippen molar-refractivity contribution < 1.29 is 5.11 Å². The molecule has 0 aliphatic heterocycles. The van der Waals surface area contributed by atoms with Gasteiger partial charge in [0, 0.05) is 13.1 Å². The van der Waals surface area contributed by atoms with Crippen LogP contribution in [0.25, 0.3) is 0 Å². The Labute approximate surface area is 90.6 Å². The monoisotopic (exact) mass is 204 g/mol. The lowest BCUT2D eigenvalue weighted by molar-refractivity contribution is 0.192. The molecule has 1 rings (SSSR count). The first-order chi connectivity index (χ1) is 7.22. The standard InChI is InChI=1S/C12H16N2O/c1-14(8-7-12(15)9-13)10-11-5-3-2-4-6-11/h2-6,12,15H,7-8,10H2,1H3. The first-order valence-corrected chi connectivity index (χ1v) is 5.02. The Morgan fingerprint density at radius 1 is 1.40 bits per heavy atom. The van der Waals surface area contributed by atoms with Gasteiger partial charge in [0.05, 0.1) is 6.07 Å². The second-order valence-corrected chi connectivity index (χ2v) is 3.66. The van der Waals surface area contributed by atoms with Crippen molar-refractivity contribution >= 4 is 0 Å². The van der Waals surface area contributed by atoms with Crippen molar-refractivity contribution in [1.29, 1.82) is 5.26 Å². The van der Waals surface area contributed by atoms with Crippen LogP contribution in [0, 0.1) is 11.3 Å². The van der Waals surface area contributed by atoms with Crippen molar-refractivity contribution in [3.05, 3.63) is 35.9 Å². The Kier molecular flexibility index (Phi) is 4.82. The molecule has 0 amide bonds. The molecule has 1 atom stereocenters. The van der Waals surface area contributed by atoms with Gasteiger partial charge in [-0.2, -0.15) is 5.26 Å². The van der Waals surface area contributed by atoms with E-state index in [0.717, 1.165) is 13.1 Å². The van der Waals surface area contributed by atoms with E-state index < -0.39 is 6.10 Å². The molecule has 1 aromatic carbocycles. The fraction of sp³-hybridized carbons (Fsp3) is 0.417. The summed E-state index contributed by atoms with van der Waals surface area (Å²) in [7, 11) is 1.98. The SMILES string of the molecule is CN(CCC(O)C#N)Cc1ccccc1. The van der Waals surface area contributed by atoms with Crippen LogP contribution in [0.1, 0.15) is 12.0 Å². The zero-order valence-corrected chi connectivity index (χ0v) is 8.93. The maximum Gasteiger partial charge on any atom is 0.141 e. The molecule has 1 N–H and O–H groups in total. The highest BCUT2D eigenvalue weighted by Crippen LogP contribution is 2.03. The molecular weight excluding hydrogens is 188 g/mol. The number of benzene rings is 1. The van der Waals surface area contributed by atoms with Crippen LogP contribution in [0.5, 0.6) is 0 Å². The van der Waals surface area contributed by atoms with Crippen molar-refractivity contribution in [3.63, 3.8) is 0 Å². The molecule has 0 aliphatic carbocycles. The normalized spacial score (nSPS) is 12.4. The summed E-state index contributed by atoms with van der Waals surface area (Å²) in [4.78, 5) is 2.09. The van der Waals surface area contributed by atoms with Gasteiger partial charge in [0.25, 0.3) is 0 Å². The number of hydrogen-bond acceptors (Lipinski definition) is 3. The number of rotatable bonds is 5. The van der Waals surface area contributed by atoms with Crippen molar-refractivity contribution in [2.75, 3.05) is 13.6 Å². The van der Waals surface area contributed by atoms with E-state index in [0.29, 0.717) is 6.42 Å². The van der Waals surface area contributed by atoms with Crippen molar-refractivity contribution in [1.82, 2.24) is 4.90 Å². The fourth-order valence-corrected chi connectivity index (χ4v) is 1.38. The molecular formula is C12H16N2O. The lowest BCUT2D eigenvalue weighted by Crippen LogP contribution is -2.22. The highest BCUT2D eigenvalue weighted by molar-refractivity contribution is 5.14. The van der Waals surface area contributed by atoms with Crippen molar-refractivity contribution in [2.24, 2.45) is 0 Å². The van der Waals surface area contributed by atoms with E-state index in [-0.39, 0.29) is 0 Å². The Bertz CT molecular complexity index is 318. The lowest BCUT2D eigenvalue weighted by atomic mass is 10.2. The maximum absolute atomic E-state index is 9.09. The average Bonchev–Trinajstić information content (AvgIpc) is 2.27. The summed E-state index contributed by atoms with van der Waals surface area (Å²) in [5.41, 5.74) is 1.24. The first kappa shape index (κ1) is 11.7. The van der Waals surface area contributed by atoms with Crippen LogP contribution < -0.4 is 0 Å². The summed E-state index contributed by atoms with van der Waals surface area (Å²) in [6.07, 6.45) is -0.344. The predicted molar refractivity (Wildman–Crippen MR) is 59.0 cm³/mol. The van der Waals surface area contributed by atoms with E-state index >= 15 is 0 Å². The quantitative estimate of drug-likeness (QED) is 0.737. The molecule has 0 aliphatic rings. The van der Waals surface area contributed by atoms with E-state index in [9.17, 15) is 0 Å². The highest BCUT2D eigenvalue weighted by atomic mass is 16.3. The molecule has 0 fully saturated rings. The third-order valence-electron chi connectivity index (χ3n) is 2.23. The third kappa shape index (κ3) is 4.59. The molecule has 1 unspecified atom stereocenters. The van der Waals surface area contributed by atoms with Crippen molar-refractivity contribution in [3.8, 4) is 6.07 Å². The summed E-state index contributed by atoms with van der Waals surface area (Å²) in [6, 6.07) is 11.9. The van der Waals surface area contributed by atoms with Crippen LogP contribution >= 0.6 is 0 Å². The zero-order valence-electron chi connectivity index (χ0n) is 8.93. The molecule has 0 saturated heterocycles. The Morgan fingerprint density at radius 3 is 2.67 bits per heavy atom. The van der Waals surface area contributed by atoms with Gasteiger partial charge in [0.2, 0.25) is 0 Å². The van der Waals surface area contributed by atoms with Crippen LogP contribution in [0.4, 0.5) is 0 Å². The largest absolute Gasteiger partial charge is 0.378 e. The molecule has 0 heterocycles. The summed E-state index contributed by atoms with van der Waals surface area (Å²) in [5, 5.41) is 17.5. The van der Waals surface area contributed by atoms with Gasteiger partial charge in [-0.1, -0.05) is 30.3 Å². The average molecular weight is 204 g/mol. The second-order valence-electron chi connectivity index (χ2n) is 3.66. The topological polar surface area (TPSA) is 47.3 Å². The van der Waals surface area contributed by atoms with Gasteiger partial charge in [-0.15, -0.1) is 0 Å². The molecule has 3 nitrogen and oxygen atoms in total. The van der Waals surface area contributed by atoms with Gasteiger partial charge in [-0.05, 0) is 19.0 Å². The van der Waals surface area contributed by atoms with E-state index in [1.807, 2.05) is 31.3 Å². The maximum atomic E-state index is 9.09. The van der Waals surface area contributed by atoms with Gasteiger partial charge < -0.3 is 10.0 Å². The lowest BCUT2D eigenvalue weighted by Gasteiger charge is -2.16. The Hall–Kier alpha value is -1.37. The molecule has 15 heavy (non-hydrogen) atoms. The number of nitriles is 1. The zero-order chi connectivity index (χ0) is 11.1. The summed E-state index contributed by atoms with van der Waals surface area (Å²) < 4.78 is 0. The van der Waals surface area contributed by atoms with E-state index in [1.54, 1.807) is 0 Å². The summed E-state index contributed by atoms with van der Waals surface area (Å²) in [6.45, 7) is 1.57. The van der Waals surface area contributed by atoms with Crippen LogP contribution in [0.15, 0.2) is 30.3 Å². The van der Waals surface area contributed by atoms with Crippen LogP contribution in [-0.2, 0) is 6.54 Å². The smallest absolute Gasteiger partial charge is 0.141 e. The van der Waals surface area contributed by atoms with Crippen molar-refractivity contribution in [2.45, 2.75) is 19.1 Å². The molecule has 0 radical (unpaired) electrons. The molecule has 80 valence electrons. The molecule has 0 saturated carbocycles. The molecule has 0 aromatic heterocycles. The predicted octanol–water partition coefficient (Wildman–Crippen LogP) is 1.39. The van der Waals surface area contributed by atoms with Gasteiger partial charge in [-0.25, -0.2) is 0 Å². The highest BCUT2D eigenvalue weighted by Gasteiger charge is 2.04. The van der Waals surface area contributed by atoms with E-state index in [4.69, 9.17) is 10.4 Å². The van der Waals surface area contributed by atoms with Crippen LogP contribution in [0.3, 0.4) is 0 Å². The minimum Gasteiger partial charge on any atom is -0.378 e. The third-order valence-corrected chi connectivity index (χ3v) is 2.23. The van der Waals surface area contributed by atoms with E-state index in [2.05, 4.69) is 17.0 Å². The van der Waals surface area contributed by atoms with Gasteiger partial charge in [0.15, 0.2) is 0 Å². The molecule has 3 heteroatoms. The van der Waals surface area contributed by atoms with Crippen LogP contribution in [-0.4, -0.2) is 29.7 Å². The minimum atomic E-state index is -0.844. The number of aliphatic hydroxyl groups excluding tert-OH is 1. The fourth-order valence-electron chi connectivity index (χ4n) is 1.38. The number of hydrogen-bond donors (Lipinski definition) is 1. The van der Waals surface area contributed by atoms with Gasteiger partial charge in [0.1, 0.15) is 6.10 Å². The Morgan fingerprint density at radius 2 is 2.07 bits per heavy atom. The van der Waals surface area contributed by atoms with Gasteiger partial charge >= 0.3 is 0 Å². The second kappa shape index (κ2) is 6.18. The molecule has 0 spiro atoms. The number of aliphatic hydroxyl groups is 1. The molecule has 0 bridgehead atoms. The molecule has 1 aromatic rings. The first-order valence-electron chi connectivity index (χ1n) is 5.02. The van der Waals surface area contributed by atoms with E-state index in [1.165, 1.54) is 5.56 Å². The Balaban J connectivity index is 2.31. The summed E-state index contributed by atoms with van der Waals surface area (Å²) >= 11 is 0. The summed E-state index contributed by atoms with van der Waals surface area (Å²) in [5.74, 6) is 0. The minimum absolute atomic E-state index is 0.500.